The largest absolute Gasteiger partial charge is 0.379 e. The number of fused-ring (bicyclic) bond motifs is 3. The highest BCUT2D eigenvalue weighted by atomic mass is 16.5. The zero-order valence-electron chi connectivity index (χ0n) is 19.1. The Morgan fingerprint density at radius 2 is 1.62 bits per heavy atom. The van der Waals surface area contributed by atoms with Crippen molar-refractivity contribution in [1.82, 2.24) is 28.7 Å². The van der Waals surface area contributed by atoms with Crippen molar-refractivity contribution in [2.45, 2.75) is 89.3 Å². The molecule has 0 bridgehead atoms. The first-order valence-electron chi connectivity index (χ1n) is 12.5. The minimum absolute atomic E-state index is 0.290. The molecule has 3 aliphatic rings. The van der Waals surface area contributed by atoms with Crippen LogP contribution in [0, 0.1) is 0 Å². The van der Waals surface area contributed by atoms with Gasteiger partial charge < -0.3 is 18.4 Å². The van der Waals surface area contributed by atoms with Gasteiger partial charge in [-0.1, -0.05) is 13.3 Å². The Kier molecular flexibility index (Phi) is 5.37. The lowest BCUT2D eigenvalue weighted by Gasteiger charge is -2.23. The molecule has 7 heteroatoms. The number of aromatic nitrogens is 6. The molecule has 0 aliphatic carbocycles. The van der Waals surface area contributed by atoms with Crippen molar-refractivity contribution in [1.29, 1.82) is 0 Å². The van der Waals surface area contributed by atoms with Crippen LogP contribution in [0.2, 0.25) is 0 Å². The summed E-state index contributed by atoms with van der Waals surface area (Å²) in [4.78, 5) is 14.5. The number of ether oxygens (including phenoxy) is 1. The maximum absolute atomic E-state index is 5.92. The molecular formula is C25H34N6O. The Morgan fingerprint density at radius 1 is 0.844 bits per heavy atom. The molecule has 0 fully saturated rings. The van der Waals surface area contributed by atoms with Crippen LogP contribution in [-0.2, 0) is 37.2 Å². The monoisotopic (exact) mass is 434 g/mol. The third-order valence-electron chi connectivity index (χ3n) is 7.77. The highest BCUT2D eigenvalue weighted by Gasteiger charge is 2.28. The zero-order chi connectivity index (χ0) is 21.5. The third kappa shape index (κ3) is 3.60. The molecular weight excluding hydrogens is 400 g/mol. The van der Waals surface area contributed by atoms with E-state index in [4.69, 9.17) is 14.7 Å². The molecule has 0 saturated heterocycles. The van der Waals surface area contributed by atoms with Gasteiger partial charge in [0.1, 0.15) is 17.5 Å². The van der Waals surface area contributed by atoms with Crippen molar-refractivity contribution in [3.8, 4) is 0 Å². The summed E-state index contributed by atoms with van der Waals surface area (Å²) in [6, 6.07) is 0. The van der Waals surface area contributed by atoms with E-state index < -0.39 is 0 Å². The van der Waals surface area contributed by atoms with E-state index in [9.17, 15) is 0 Å². The van der Waals surface area contributed by atoms with E-state index in [0.29, 0.717) is 17.8 Å². The maximum atomic E-state index is 5.92. The highest BCUT2D eigenvalue weighted by molar-refractivity contribution is 5.19. The molecule has 0 aromatic carbocycles. The van der Waals surface area contributed by atoms with Gasteiger partial charge in [0.2, 0.25) is 0 Å². The van der Waals surface area contributed by atoms with E-state index in [1.54, 1.807) is 0 Å². The first kappa shape index (κ1) is 20.2. The number of hydrogen-bond acceptors (Lipinski definition) is 4. The van der Waals surface area contributed by atoms with Gasteiger partial charge in [-0.25, -0.2) is 15.0 Å². The van der Waals surface area contributed by atoms with Crippen molar-refractivity contribution in [2.75, 3.05) is 13.2 Å². The van der Waals surface area contributed by atoms with Gasteiger partial charge in [-0.2, -0.15) is 0 Å². The second kappa shape index (κ2) is 8.50. The second-order valence-corrected chi connectivity index (χ2v) is 9.91. The Morgan fingerprint density at radius 3 is 2.53 bits per heavy atom. The Bertz CT molecular complexity index is 1080. The van der Waals surface area contributed by atoms with E-state index in [0.717, 1.165) is 51.5 Å². The molecule has 32 heavy (non-hydrogen) atoms. The van der Waals surface area contributed by atoms with E-state index in [-0.39, 0.29) is 0 Å². The van der Waals surface area contributed by atoms with Gasteiger partial charge in [-0.3, -0.25) is 0 Å². The third-order valence-corrected chi connectivity index (χ3v) is 7.77. The summed E-state index contributed by atoms with van der Waals surface area (Å²) in [5.74, 6) is 5.05. The summed E-state index contributed by atoms with van der Waals surface area (Å²) in [6.45, 7) is 6.91. The predicted octanol–water partition coefficient (Wildman–Crippen LogP) is 4.04. The Balaban J connectivity index is 1.26. The molecule has 3 atom stereocenters. The van der Waals surface area contributed by atoms with Gasteiger partial charge in [0, 0.05) is 80.0 Å². The minimum atomic E-state index is 0.290. The maximum Gasteiger partial charge on any atom is 0.114 e. The van der Waals surface area contributed by atoms with Crippen molar-refractivity contribution in [2.24, 2.45) is 0 Å². The van der Waals surface area contributed by atoms with Crippen LogP contribution >= 0.6 is 0 Å². The van der Waals surface area contributed by atoms with Crippen molar-refractivity contribution in [3.05, 3.63) is 53.6 Å². The number of imidazole rings is 3. The fraction of sp³-hybridized carbons (Fsp3) is 0.640. The molecule has 3 aliphatic heterocycles. The SMILES string of the molecule is C[C@H]1CCCn2c(C[C@H]3CCCCn4c(C[C@H]5COCCn6ccnc65)cnc43)cnc21. The standard InChI is InChI=1S/C25H34N6O/c1-18-5-4-9-30-21(15-27-23(18)30)13-19-6-2-3-8-31-22(16-28-25(19)31)14-20-17-32-12-11-29-10-7-26-24(20)29/h7,10,15-16,18-20H,2-6,8-9,11-14,17H2,1H3/t18-,19+,20-/m0/s1. The first-order valence-corrected chi connectivity index (χ1v) is 12.5. The summed E-state index contributed by atoms with van der Waals surface area (Å²) >= 11 is 0. The molecule has 3 aromatic heterocycles. The van der Waals surface area contributed by atoms with Gasteiger partial charge in [0.25, 0.3) is 0 Å². The number of nitrogens with zero attached hydrogens (tertiary/aromatic N) is 6. The lowest BCUT2D eigenvalue weighted by atomic mass is 9.96. The van der Waals surface area contributed by atoms with Crippen molar-refractivity contribution < 1.29 is 4.74 Å². The van der Waals surface area contributed by atoms with E-state index >= 15 is 0 Å². The molecule has 0 amide bonds. The second-order valence-electron chi connectivity index (χ2n) is 9.91. The van der Waals surface area contributed by atoms with Gasteiger partial charge in [-0.15, -0.1) is 0 Å². The lowest BCUT2D eigenvalue weighted by molar-refractivity contribution is 0.124. The van der Waals surface area contributed by atoms with Crippen molar-refractivity contribution >= 4 is 0 Å². The average molecular weight is 435 g/mol. The quantitative estimate of drug-likeness (QED) is 0.622. The van der Waals surface area contributed by atoms with Crippen LogP contribution in [0.25, 0.3) is 0 Å². The molecule has 6 rings (SSSR count). The Hall–Kier alpha value is -2.41. The van der Waals surface area contributed by atoms with Crippen LogP contribution in [0.1, 0.15) is 85.6 Å². The fourth-order valence-electron chi connectivity index (χ4n) is 6.07. The number of rotatable bonds is 4. The lowest BCUT2D eigenvalue weighted by Crippen LogP contribution is -2.18. The summed E-state index contributed by atoms with van der Waals surface area (Å²) in [7, 11) is 0. The minimum Gasteiger partial charge on any atom is -0.379 e. The summed E-state index contributed by atoms with van der Waals surface area (Å²) < 4.78 is 13.2. The van der Waals surface area contributed by atoms with Crippen LogP contribution in [0.15, 0.2) is 24.8 Å². The van der Waals surface area contributed by atoms with E-state index in [1.807, 2.05) is 6.20 Å². The molecule has 0 N–H and O–H groups in total. The molecule has 0 unspecified atom stereocenters. The molecule has 7 nitrogen and oxygen atoms in total. The van der Waals surface area contributed by atoms with E-state index in [1.165, 1.54) is 55.1 Å². The molecule has 170 valence electrons. The Labute approximate surface area is 189 Å². The molecule has 6 heterocycles. The van der Waals surface area contributed by atoms with Gasteiger partial charge in [0.15, 0.2) is 0 Å². The first-order chi connectivity index (χ1) is 15.8. The average Bonchev–Trinajstić information content (AvgIpc) is 3.46. The van der Waals surface area contributed by atoms with Gasteiger partial charge >= 0.3 is 0 Å². The number of hydrogen-bond donors (Lipinski definition) is 0. The van der Waals surface area contributed by atoms with Crippen LogP contribution in [0.4, 0.5) is 0 Å². The molecule has 3 aromatic rings. The summed E-state index contributed by atoms with van der Waals surface area (Å²) in [5.41, 5.74) is 2.73. The normalized spacial score (nSPS) is 25.5. The van der Waals surface area contributed by atoms with Crippen molar-refractivity contribution in [3.63, 3.8) is 0 Å². The summed E-state index contributed by atoms with van der Waals surface area (Å²) in [5, 5.41) is 0. The van der Waals surface area contributed by atoms with Crippen LogP contribution in [-0.4, -0.2) is 41.9 Å². The highest BCUT2D eigenvalue weighted by Crippen LogP contribution is 2.34. The van der Waals surface area contributed by atoms with Gasteiger partial charge in [0.05, 0.1) is 13.2 Å². The molecule has 0 spiro atoms. The van der Waals surface area contributed by atoms with Crippen LogP contribution in [0.3, 0.4) is 0 Å². The molecule has 0 saturated carbocycles. The smallest absolute Gasteiger partial charge is 0.114 e. The van der Waals surface area contributed by atoms with Gasteiger partial charge in [-0.05, 0) is 32.1 Å². The van der Waals surface area contributed by atoms with Crippen LogP contribution in [0.5, 0.6) is 0 Å². The topological polar surface area (TPSA) is 62.7 Å². The zero-order valence-corrected chi connectivity index (χ0v) is 19.1. The van der Waals surface area contributed by atoms with Crippen LogP contribution < -0.4 is 0 Å². The summed E-state index contributed by atoms with van der Waals surface area (Å²) in [6.07, 6.45) is 16.5. The predicted molar refractivity (Wildman–Crippen MR) is 122 cm³/mol. The van der Waals surface area contributed by atoms with E-state index in [2.05, 4.69) is 44.2 Å². The fourth-order valence-corrected chi connectivity index (χ4v) is 6.07. The molecule has 0 radical (unpaired) electrons.